The van der Waals surface area contributed by atoms with Gasteiger partial charge in [-0.05, 0) is 193 Å². The zero-order chi connectivity index (χ0) is 48.9. The zero-order valence-corrected chi connectivity index (χ0v) is 44.4. The van der Waals surface area contributed by atoms with Crippen LogP contribution in [0.3, 0.4) is 0 Å². The zero-order valence-electron chi connectivity index (χ0n) is 44.4. The molecule has 7 nitrogen and oxygen atoms in total. The van der Waals surface area contributed by atoms with Gasteiger partial charge in [-0.15, -0.1) is 6.58 Å². The third-order valence-electron chi connectivity index (χ3n) is 20.5. The summed E-state index contributed by atoms with van der Waals surface area (Å²) in [6, 6.07) is -0.533. The monoisotopic (exact) mass is 937 g/mol. The molecule has 8 aliphatic carbocycles. The number of nitrogens with two attached hydrogens (primary N) is 1. The summed E-state index contributed by atoms with van der Waals surface area (Å²) in [5.74, 6) is 4.99. The number of hydrogen-bond acceptors (Lipinski definition) is 7. The van der Waals surface area contributed by atoms with Crippen LogP contribution < -0.4 is 11.1 Å². The molecule has 6 saturated carbocycles. The van der Waals surface area contributed by atoms with Gasteiger partial charge in [-0.25, -0.2) is 0 Å². The number of fused-ring (bicyclic) bond motifs is 10. The van der Waals surface area contributed by atoms with Crippen LogP contribution in [0.1, 0.15) is 209 Å². The van der Waals surface area contributed by atoms with Crippen molar-refractivity contribution in [3.63, 3.8) is 0 Å². The molecule has 0 aromatic heterocycles. The number of aldehydes is 1. The summed E-state index contributed by atoms with van der Waals surface area (Å²) in [6.07, 6.45) is 39.3. The molecule has 8 aliphatic rings. The molecule has 13 atom stereocenters. The second-order valence-electron chi connectivity index (χ2n) is 25.1. The highest BCUT2D eigenvalue weighted by molar-refractivity contribution is 5.75. The Kier molecular flexibility index (Phi) is 17.7. The first-order chi connectivity index (χ1) is 32.5. The highest BCUT2D eigenvalue weighted by Gasteiger charge is 2.58. The van der Waals surface area contributed by atoms with E-state index >= 15 is 0 Å². The fourth-order valence-corrected chi connectivity index (χ4v) is 16.2. The van der Waals surface area contributed by atoms with Crippen molar-refractivity contribution in [1.29, 1.82) is 0 Å². The van der Waals surface area contributed by atoms with Crippen LogP contribution in [0.4, 0.5) is 0 Å². The molecule has 68 heavy (non-hydrogen) atoms. The summed E-state index contributed by atoms with van der Waals surface area (Å²) in [4.78, 5) is 35.1. The lowest BCUT2D eigenvalue weighted by atomic mass is 9.50. The Labute approximate surface area is 414 Å². The van der Waals surface area contributed by atoms with E-state index in [1.165, 1.54) is 119 Å². The standard InChI is InChI=1S/C31H50N2O2.C30H46O3/c1-21(2)8-6-7-9-22-11-13-26-25-12-10-23-20-24(35-29(34)28(32)16-19-33-5)14-17-31(23,4)27(25)15-18-30(22,26)3;1-21(2)8-5-6-9-22-12-14-26-25-13-11-23-20-24(33-28(32)10-7-19-31)15-17-30(23,4)27(25)16-18-29(22,26)3/h10,12,22,24,26-28,33H,1,6-9,11,13-20,32H2,2-5H3;11,13,19,21-22,24,26-27H,5-10,12,14-18,20H2,1-4H3/t;22?,24?,26?,27?,29?,30-/m.0/s1. The van der Waals surface area contributed by atoms with Gasteiger partial charge in [0.2, 0.25) is 0 Å². The van der Waals surface area contributed by atoms with Crippen molar-refractivity contribution in [3.8, 4) is 0 Å². The lowest BCUT2D eigenvalue weighted by molar-refractivity contribution is -0.153. The van der Waals surface area contributed by atoms with E-state index in [-0.39, 0.29) is 47.8 Å². The van der Waals surface area contributed by atoms with Gasteiger partial charge in [-0.3, -0.25) is 9.59 Å². The van der Waals surface area contributed by atoms with Crippen LogP contribution in [-0.2, 0) is 23.9 Å². The molecular weight excluding hydrogens is 841 g/mol. The topological polar surface area (TPSA) is 108 Å². The predicted molar refractivity (Wildman–Crippen MR) is 279 cm³/mol. The van der Waals surface area contributed by atoms with Crippen LogP contribution in [0.5, 0.6) is 0 Å². The first-order valence-corrected chi connectivity index (χ1v) is 28.2. The normalized spacial score (nSPS) is 37.1. The molecule has 0 amide bonds. The van der Waals surface area contributed by atoms with Crippen molar-refractivity contribution in [2.45, 2.75) is 227 Å². The van der Waals surface area contributed by atoms with Crippen LogP contribution >= 0.6 is 0 Å². The summed E-state index contributed by atoms with van der Waals surface area (Å²) in [7, 11) is 1.88. The Balaban J connectivity index is 0.000000202. The molecule has 0 radical (unpaired) electrons. The Bertz CT molecular complexity index is 1930. The first kappa shape index (κ1) is 53.0. The lowest BCUT2D eigenvalue weighted by Crippen LogP contribution is -2.46. The van der Waals surface area contributed by atoms with E-state index in [2.05, 4.69) is 84.7 Å². The summed E-state index contributed by atoms with van der Waals surface area (Å²) in [5, 5.41) is 3.06. The van der Waals surface area contributed by atoms with Gasteiger partial charge >= 0.3 is 11.9 Å². The van der Waals surface area contributed by atoms with Gasteiger partial charge in [0.1, 0.15) is 24.5 Å². The molecule has 0 saturated heterocycles. The van der Waals surface area contributed by atoms with Crippen molar-refractivity contribution < 1.29 is 23.9 Å². The third kappa shape index (κ3) is 11.3. The Morgan fingerprint density at radius 2 is 1.24 bits per heavy atom. The molecule has 0 aromatic carbocycles. The average Bonchev–Trinajstić information content (AvgIpc) is 3.83. The van der Waals surface area contributed by atoms with Crippen molar-refractivity contribution in [2.24, 2.45) is 68.8 Å². The largest absolute Gasteiger partial charge is 0.462 e. The molecule has 6 fully saturated rings. The first-order valence-electron chi connectivity index (χ1n) is 28.2. The van der Waals surface area contributed by atoms with E-state index in [1.54, 1.807) is 11.1 Å². The fraction of sp³-hybridized carbons (Fsp3) is 0.787. The van der Waals surface area contributed by atoms with E-state index in [0.29, 0.717) is 29.1 Å². The summed E-state index contributed by atoms with van der Waals surface area (Å²) in [5.41, 5.74) is 15.3. The number of unbranched alkanes of at least 4 members (excludes halogenated alkanes) is 2. The number of esters is 2. The fourth-order valence-electron chi connectivity index (χ4n) is 16.2. The van der Waals surface area contributed by atoms with Crippen molar-refractivity contribution in [1.82, 2.24) is 5.32 Å². The van der Waals surface area contributed by atoms with Gasteiger partial charge in [0.05, 0.1) is 6.42 Å². The van der Waals surface area contributed by atoms with Crippen molar-refractivity contribution >= 4 is 18.2 Å². The molecular formula is C61H96N2O5. The molecule has 0 spiro atoms. The molecule has 8 rings (SSSR count). The molecule has 0 bridgehead atoms. The van der Waals surface area contributed by atoms with Crippen molar-refractivity contribution in [3.05, 3.63) is 58.7 Å². The van der Waals surface area contributed by atoms with Crippen LogP contribution in [0.2, 0.25) is 0 Å². The molecule has 3 N–H and O–H groups in total. The number of allylic oxidation sites excluding steroid dienone is 7. The van der Waals surface area contributed by atoms with Crippen LogP contribution in [-0.4, -0.2) is 50.1 Å². The maximum atomic E-state index is 12.5. The number of carbonyl (C=O) groups is 3. The van der Waals surface area contributed by atoms with E-state index in [4.69, 9.17) is 15.2 Å². The van der Waals surface area contributed by atoms with Gasteiger partial charge < -0.3 is 25.3 Å². The number of rotatable bonds is 19. The highest BCUT2D eigenvalue weighted by Crippen LogP contribution is 2.67. The summed E-state index contributed by atoms with van der Waals surface area (Å²) in [6.45, 7) is 21.9. The van der Waals surface area contributed by atoms with E-state index in [0.717, 1.165) is 80.9 Å². The van der Waals surface area contributed by atoms with Gasteiger partial charge in [0.15, 0.2) is 0 Å². The minimum Gasteiger partial charge on any atom is -0.462 e. The van der Waals surface area contributed by atoms with E-state index in [9.17, 15) is 14.4 Å². The molecule has 0 aromatic rings. The number of carbonyl (C=O) groups excluding carboxylic acids is 3. The minimum atomic E-state index is -0.533. The second kappa shape index (κ2) is 22.8. The average molecular weight is 937 g/mol. The van der Waals surface area contributed by atoms with Gasteiger partial charge in [-0.2, -0.15) is 0 Å². The number of ether oxygens (including phenoxy) is 2. The summed E-state index contributed by atoms with van der Waals surface area (Å²) >= 11 is 0. The molecule has 0 heterocycles. The van der Waals surface area contributed by atoms with E-state index < -0.39 is 6.04 Å². The molecule has 380 valence electrons. The van der Waals surface area contributed by atoms with Gasteiger partial charge in [0.25, 0.3) is 0 Å². The highest BCUT2D eigenvalue weighted by atomic mass is 16.5. The van der Waals surface area contributed by atoms with Crippen LogP contribution in [0, 0.1) is 63.1 Å². The Hall–Kier alpha value is -2.77. The second-order valence-corrected chi connectivity index (χ2v) is 25.1. The summed E-state index contributed by atoms with van der Waals surface area (Å²) < 4.78 is 11.6. The smallest absolute Gasteiger partial charge is 0.323 e. The molecule has 12 unspecified atom stereocenters. The third-order valence-corrected chi connectivity index (χ3v) is 20.5. The Morgan fingerprint density at radius 1 is 0.706 bits per heavy atom. The minimum absolute atomic E-state index is 0.0195. The lowest BCUT2D eigenvalue weighted by Gasteiger charge is -2.55. The SMILES string of the molecule is C=C(C)CCCCC1CCC2C3=CC=C4CC(OC(=O)C(N)CCNC)CCC4(C)C3CCC12C.CC(C)CCCCC1CCC2C3=CC=C4CC(OC(=O)CCC=O)CC[C@]4(C)C3CCC12C. The van der Waals surface area contributed by atoms with Gasteiger partial charge in [-0.1, -0.05) is 119 Å². The predicted octanol–water partition coefficient (Wildman–Crippen LogP) is 14.1. The van der Waals surface area contributed by atoms with Gasteiger partial charge in [0, 0.05) is 19.3 Å². The maximum Gasteiger partial charge on any atom is 0.323 e. The van der Waals surface area contributed by atoms with E-state index in [1.807, 2.05) is 7.05 Å². The molecule has 7 heteroatoms. The van der Waals surface area contributed by atoms with Crippen LogP contribution in [0.25, 0.3) is 0 Å². The van der Waals surface area contributed by atoms with Crippen molar-refractivity contribution in [2.75, 3.05) is 13.6 Å². The quantitative estimate of drug-likeness (QED) is 0.0575. The Morgan fingerprint density at radius 3 is 1.74 bits per heavy atom. The number of hydrogen-bond donors (Lipinski definition) is 2. The molecule has 0 aliphatic heterocycles. The van der Waals surface area contributed by atoms with Crippen LogP contribution in [0.15, 0.2) is 58.7 Å². The maximum absolute atomic E-state index is 12.5. The number of nitrogens with one attached hydrogen (secondary N) is 1.